The normalized spacial score (nSPS) is 17.5. The molecule has 0 aliphatic carbocycles. The Morgan fingerprint density at radius 3 is 1.66 bits per heavy atom. The summed E-state index contributed by atoms with van der Waals surface area (Å²) in [4.78, 5) is 25.0. The van der Waals surface area contributed by atoms with Crippen LogP contribution in [0.5, 0.6) is 0 Å². The van der Waals surface area contributed by atoms with Gasteiger partial charge in [0.05, 0.1) is 0 Å². The Morgan fingerprint density at radius 2 is 1.16 bits per heavy atom. The van der Waals surface area contributed by atoms with Crippen molar-refractivity contribution in [1.29, 1.82) is 0 Å². The molecule has 6 rings (SSSR count). The van der Waals surface area contributed by atoms with Crippen molar-refractivity contribution in [2.45, 2.75) is 19.5 Å². The van der Waals surface area contributed by atoms with Crippen LogP contribution in [0.25, 0.3) is 0 Å². The standard InChI is InChI=1S/C17H17BrN2O.C10H14N2.C7H4BrClO.CH4/c18-15-8-6-14(7-9-15)17(21)20-11-10-19-16(12-20)13-4-2-1-3-5-13;1-2-4-9(5-3-1)10-8-11-6-7-12-10;8-6-3-1-5(2-4-6)7(9)10;/h1-9,16,19H,10-12H2;1-5,10-12H,6-8H2;1-4H;1H4. The molecule has 2 aliphatic heterocycles. The molecule has 2 heterocycles. The third kappa shape index (κ3) is 11.3. The van der Waals surface area contributed by atoms with Crippen LogP contribution in [-0.4, -0.2) is 55.3 Å². The van der Waals surface area contributed by atoms with Gasteiger partial charge in [-0.25, -0.2) is 0 Å². The molecule has 2 unspecified atom stereocenters. The van der Waals surface area contributed by atoms with Gasteiger partial charge in [-0.2, -0.15) is 0 Å². The molecular weight excluding hydrogens is 704 g/mol. The minimum atomic E-state index is -0.424. The summed E-state index contributed by atoms with van der Waals surface area (Å²) < 4.78 is 1.93. The van der Waals surface area contributed by atoms with E-state index in [-0.39, 0.29) is 19.4 Å². The molecule has 0 radical (unpaired) electrons. The maximum atomic E-state index is 12.6. The molecule has 0 saturated carbocycles. The van der Waals surface area contributed by atoms with Crippen molar-refractivity contribution in [3.8, 4) is 0 Å². The maximum absolute atomic E-state index is 12.6. The predicted octanol–water partition coefficient (Wildman–Crippen LogP) is 7.62. The zero-order valence-corrected chi connectivity index (χ0v) is 27.6. The fourth-order valence-corrected chi connectivity index (χ4v) is 5.43. The average molecular weight is 743 g/mol. The van der Waals surface area contributed by atoms with E-state index in [9.17, 15) is 9.59 Å². The van der Waals surface area contributed by atoms with Gasteiger partial charge in [-0.05, 0) is 71.3 Å². The summed E-state index contributed by atoms with van der Waals surface area (Å²) in [5.41, 5.74) is 3.87. The van der Waals surface area contributed by atoms with E-state index in [1.165, 1.54) is 11.1 Å². The van der Waals surface area contributed by atoms with Gasteiger partial charge in [-0.1, -0.05) is 100.0 Å². The van der Waals surface area contributed by atoms with Crippen molar-refractivity contribution < 1.29 is 9.59 Å². The molecule has 4 aromatic carbocycles. The van der Waals surface area contributed by atoms with Crippen molar-refractivity contribution >= 4 is 54.6 Å². The molecular formula is C35H39Br2ClN4O2. The second-order valence-corrected chi connectivity index (χ2v) is 12.3. The second-order valence-electron chi connectivity index (χ2n) is 10.1. The summed E-state index contributed by atoms with van der Waals surface area (Å²) in [6.07, 6.45) is 0. The van der Waals surface area contributed by atoms with Gasteiger partial charge in [0.2, 0.25) is 0 Å². The zero-order valence-electron chi connectivity index (χ0n) is 23.7. The van der Waals surface area contributed by atoms with E-state index in [0.29, 0.717) is 18.2 Å². The number of carbonyl (C=O) groups excluding carboxylic acids is 2. The first-order chi connectivity index (χ1) is 20.9. The van der Waals surface area contributed by atoms with E-state index in [1.807, 2.05) is 47.4 Å². The molecule has 0 spiro atoms. The van der Waals surface area contributed by atoms with Crippen LogP contribution >= 0.6 is 43.5 Å². The highest BCUT2D eigenvalue weighted by atomic mass is 79.9. The minimum Gasteiger partial charge on any atom is -0.335 e. The summed E-state index contributed by atoms with van der Waals surface area (Å²) in [7, 11) is 0. The molecule has 0 aromatic heterocycles. The Morgan fingerprint density at radius 1 is 0.659 bits per heavy atom. The molecule has 6 nitrogen and oxygen atoms in total. The first-order valence-corrected chi connectivity index (χ1v) is 16.1. The third-order valence-corrected chi connectivity index (χ3v) is 8.35. The van der Waals surface area contributed by atoms with Gasteiger partial charge in [0.15, 0.2) is 0 Å². The molecule has 2 fully saturated rings. The van der Waals surface area contributed by atoms with E-state index in [1.54, 1.807) is 24.3 Å². The van der Waals surface area contributed by atoms with Crippen molar-refractivity contribution in [1.82, 2.24) is 20.9 Å². The number of nitrogens with zero attached hydrogens (tertiary/aromatic N) is 1. The van der Waals surface area contributed by atoms with Gasteiger partial charge in [0.1, 0.15) is 0 Å². The van der Waals surface area contributed by atoms with Crippen LogP contribution in [0.15, 0.2) is 118 Å². The Bertz CT molecular complexity index is 1420. The lowest BCUT2D eigenvalue weighted by atomic mass is 10.0. The lowest BCUT2D eigenvalue weighted by Gasteiger charge is -2.34. The fraction of sp³-hybridized carbons (Fsp3) is 0.257. The Hall–Kier alpha value is -2.85. The molecule has 0 bridgehead atoms. The summed E-state index contributed by atoms with van der Waals surface area (Å²) in [6.45, 7) is 5.48. The van der Waals surface area contributed by atoms with Crippen LogP contribution in [0.4, 0.5) is 0 Å². The van der Waals surface area contributed by atoms with E-state index < -0.39 is 5.24 Å². The quantitative estimate of drug-likeness (QED) is 0.188. The number of hydrogen-bond acceptors (Lipinski definition) is 5. The SMILES string of the molecule is C.O=C(Cl)c1ccc(Br)cc1.O=C(c1ccc(Br)cc1)N1CCNC(c2ccccc2)C1.c1ccc(C2CNCCN2)cc1. The lowest BCUT2D eigenvalue weighted by molar-refractivity contribution is 0.0703. The van der Waals surface area contributed by atoms with Crippen LogP contribution in [0.1, 0.15) is 51.4 Å². The number of halogens is 3. The number of hydrogen-bond donors (Lipinski definition) is 3. The first-order valence-electron chi connectivity index (χ1n) is 14.2. The molecule has 2 atom stereocenters. The summed E-state index contributed by atoms with van der Waals surface area (Å²) in [5.74, 6) is 0.102. The number of piperazine rings is 2. The average Bonchev–Trinajstić information content (AvgIpc) is 3.07. The van der Waals surface area contributed by atoms with Crippen LogP contribution in [0.3, 0.4) is 0 Å². The Kier molecular flexibility index (Phi) is 15.3. The fourth-order valence-electron chi connectivity index (χ4n) is 4.77. The predicted molar refractivity (Wildman–Crippen MR) is 188 cm³/mol. The van der Waals surface area contributed by atoms with Crippen molar-refractivity contribution in [3.05, 3.63) is 140 Å². The highest BCUT2D eigenvalue weighted by molar-refractivity contribution is 9.10. The monoisotopic (exact) mass is 740 g/mol. The highest BCUT2D eigenvalue weighted by Crippen LogP contribution is 2.19. The number of amides is 1. The van der Waals surface area contributed by atoms with Gasteiger partial charge in [-0.15, -0.1) is 0 Å². The van der Waals surface area contributed by atoms with Crippen molar-refractivity contribution in [2.24, 2.45) is 0 Å². The van der Waals surface area contributed by atoms with Crippen LogP contribution < -0.4 is 16.0 Å². The lowest BCUT2D eigenvalue weighted by Crippen LogP contribution is -2.48. The van der Waals surface area contributed by atoms with Gasteiger partial charge < -0.3 is 20.9 Å². The van der Waals surface area contributed by atoms with Crippen LogP contribution in [0, 0.1) is 0 Å². The number of benzene rings is 4. The van der Waals surface area contributed by atoms with Crippen molar-refractivity contribution in [3.63, 3.8) is 0 Å². The third-order valence-electron chi connectivity index (χ3n) is 7.07. The molecule has 3 N–H and O–H groups in total. The smallest absolute Gasteiger partial charge is 0.253 e. The van der Waals surface area contributed by atoms with E-state index in [2.05, 4.69) is 90.3 Å². The van der Waals surface area contributed by atoms with Gasteiger partial charge in [-0.3, -0.25) is 9.59 Å². The van der Waals surface area contributed by atoms with Crippen LogP contribution in [-0.2, 0) is 0 Å². The molecule has 2 saturated heterocycles. The largest absolute Gasteiger partial charge is 0.335 e. The molecule has 4 aromatic rings. The molecule has 232 valence electrons. The molecule has 1 amide bonds. The molecule has 2 aliphatic rings. The Balaban J connectivity index is 0.000000196. The van der Waals surface area contributed by atoms with Gasteiger partial charge >= 0.3 is 0 Å². The molecule has 9 heteroatoms. The van der Waals surface area contributed by atoms with E-state index in [4.69, 9.17) is 11.6 Å². The molecule has 44 heavy (non-hydrogen) atoms. The van der Waals surface area contributed by atoms with Gasteiger partial charge in [0.25, 0.3) is 11.1 Å². The number of carbonyl (C=O) groups is 2. The van der Waals surface area contributed by atoms with E-state index in [0.717, 1.165) is 47.2 Å². The Labute approximate surface area is 282 Å². The van der Waals surface area contributed by atoms with Crippen LogP contribution in [0.2, 0.25) is 0 Å². The van der Waals surface area contributed by atoms with E-state index >= 15 is 0 Å². The van der Waals surface area contributed by atoms with Crippen molar-refractivity contribution in [2.75, 3.05) is 39.3 Å². The zero-order chi connectivity index (χ0) is 30.4. The minimum absolute atomic E-state index is 0. The number of rotatable bonds is 4. The summed E-state index contributed by atoms with van der Waals surface area (Å²) in [6, 6.07) is 36.0. The highest BCUT2D eigenvalue weighted by Gasteiger charge is 2.24. The summed E-state index contributed by atoms with van der Waals surface area (Å²) >= 11 is 11.8. The van der Waals surface area contributed by atoms with Gasteiger partial charge in [0, 0.05) is 71.4 Å². The maximum Gasteiger partial charge on any atom is 0.253 e. The second kappa shape index (κ2) is 18.8. The summed E-state index contributed by atoms with van der Waals surface area (Å²) in [5, 5.41) is 9.90. The topological polar surface area (TPSA) is 73.5 Å². The first kappa shape index (κ1) is 35.6. The number of nitrogens with one attached hydrogen (secondary N) is 3.